The van der Waals surface area contributed by atoms with Crippen LogP contribution in [-0.2, 0) is 5.88 Å². The van der Waals surface area contributed by atoms with E-state index in [1.807, 2.05) is 0 Å². The molecule has 2 heterocycles. The molecule has 1 atom stereocenters. The summed E-state index contributed by atoms with van der Waals surface area (Å²) in [7, 11) is 0. The first-order valence-electron chi connectivity index (χ1n) is 7.19. The Morgan fingerprint density at radius 3 is 2.67 bits per heavy atom. The number of thiophene rings is 1. The summed E-state index contributed by atoms with van der Waals surface area (Å²) in [5, 5.41) is 2.14. The van der Waals surface area contributed by atoms with Gasteiger partial charge in [0.05, 0.1) is 23.0 Å². The summed E-state index contributed by atoms with van der Waals surface area (Å²) >= 11 is 7.99. The van der Waals surface area contributed by atoms with Gasteiger partial charge in [0.25, 0.3) is 0 Å². The Morgan fingerprint density at radius 1 is 1.24 bits per heavy atom. The molecule has 2 nitrogen and oxygen atoms in total. The van der Waals surface area contributed by atoms with Gasteiger partial charge in [-0.15, -0.1) is 22.9 Å². The molecular formula is C17H19ClN2S. The maximum absolute atomic E-state index is 6.19. The standard InChI is InChI=1S/C17H19ClN2S/c1-11(2)16(14-8-5-9-21-14)20-15(10-18)19-13-7-4-6-12(3)17(13)20/h4-9,11,16H,10H2,1-3H3. The Labute approximate surface area is 134 Å². The van der Waals surface area contributed by atoms with Crippen molar-refractivity contribution in [1.29, 1.82) is 0 Å². The van der Waals surface area contributed by atoms with Crippen molar-refractivity contribution in [2.24, 2.45) is 5.92 Å². The summed E-state index contributed by atoms with van der Waals surface area (Å²) in [4.78, 5) is 6.10. The molecule has 0 saturated carbocycles. The Bertz CT molecular complexity index is 744. The SMILES string of the molecule is Cc1cccc2nc(CCl)n(C(c3cccs3)C(C)C)c12. The highest BCUT2D eigenvalue weighted by Crippen LogP contribution is 2.35. The van der Waals surface area contributed by atoms with Crippen molar-refractivity contribution < 1.29 is 0 Å². The van der Waals surface area contributed by atoms with Crippen LogP contribution in [0.5, 0.6) is 0 Å². The van der Waals surface area contributed by atoms with Gasteiger partial charge in [-0.25, -0.2) is 4.98 Å². The van der Waals surface area contributed by atoms with E-state index in [1.165, 1.54) is 16.0 Å². The second-order valence-corrected chi connectivity index (χ2v) is 6.93. The molecule has 0 bridgehead atoms. The number of benzene rings is 1. The summed E-state index contributed by atoms with van der Waals surface area (Å²) in [5.74, 6) is 1.86. The van der Waals surface area contributed by atoms with E-state index in [9.17, 15) is 0 Å². The Kier molecular flexibility index (Phi) is 4.05. The molecule has 110 valence electrons. The summed E-state index contributed by atoms with van der Waals surface area (Å²) in [6.07, 6.45) is 0. The molecule has 0 fully saturated rings. The molecule has 21 heavy (non-hydrogen) atoms. The number of aromatic nitrogens is 2. The lowest BCUT2D eigenvalue weighted by molar-refractivity contribution is 0.443. The van der Waals surface area contributed by atoms with Gasteiger partial charge in [0.1, 0.15) is 5.82 Å². The summed E-state index contributed by atoms with van der Waals surface area (Å²) in [6, 6.07) is 10.9. The maximum atomic E-state index is 6.19. The fraction of sp³-hybridized carbons (Fsp3) is 0.353. The van der Waals surface area contributed by atoms with E-state index in [4.69, 9.17) is 16.6 Å². The van der Waals surface area contributed by atoms with Crippen LogP contribution in [0.2, 0.25) is 0 Å². The van der Waals surface area contributed by atoms with E-state index in [0.29, 0.717) is 11.8 Å². The molecule has 0 aliphatic carbocycles. The molecule has 0 saturated heterocycles. The second-order valence-electron chi connectivity index (χ2n) is 5.68. The van der Waals surface area contributed by atoms with Gasteiger partial charge in [0, 0.05) is 4.88 Å². The van der Waals surface area contributed by atoms with Gasteiger partial charge in [0.2, 0.25) is 0 Å². The van der Waals surface area contributed by atoms with E-state index >= 15 is 0 Å². The number of aryl methyl sites for hydroxylation is 1. The monoisotopic (exact) mass is 318 g/mol. The van der Waals surface area contributed by atoms with Crippen molar-refractivity contribution in [3.05, 3.63) is 52.0 Å². The van der Waals surface area contributed by atoms with Crippen LogP contribution < -0.4 is 0 Å². The van der Waals surface area contributed by atoms with E-state index in [-0.39, 0.29) is 6.04 Å². The van der Waals surface area contributed by atoms with E-state index < -0.39 is 0 Å². The molecule has 0 N–H and O–H groups in total. The molecule has 4 heteroatoms. The number of nitrogens with zero attached hydrogens (tertiary/aromatic N) is 2. The molecule has 0 aliphatic rings. The average molecular weight is 319 g/mol. The smallest absolute Gasteiger partial charge is 0.125 e. The fourth-order valence-electron chi connectivity index (χ4n) is 2.98. The molecule has 0 radical (unpaired) electrons. The summed E-state index contributed by atoms with van der Waals surface area (Å²) in [6.45, 7) is 6.66. The zero-order chi connectivity index (χ0) is 15.0. The lowest BCUT2D eigenvalue weighted by Crippen LogP contribution is -2.18. The predicted octanol–water partition coefficient (Wildman–Crippen LogP) is 5.39. The quantitative estimate of drug-likeness (QED) is 0.590. The Balaban J connectivity index is 2.31. The number of fused-ring (bicyclic) bond motifs is 1. The van der Waals surface area contributed by atoms with Gasteiger partial charge in [0.15, 0.2) is 0 Å². The van der Waals surface area contributed by atoms with Gasteiger partial charge in [-0.1, -0.05) is 32.0 Å². The normalized spacial score (nSPS) is 13.2. The number of rotatable bonds is 4. The van der Waals surface area contributed by atoms with Crippen molar-refractivity contribution in [2.75, 3.05) is 0 Å². The molecule has 0 aliphatic heterocycles. The van der Waals surface area contributed by atoms with Crippen molar-refractivity contribution in [3.63, 3.8) is 0 Å². The second kappa shape index (κ2) is 5.82. The van der Waals surface area contributed by atoms with Crippen molar-refractivity contribution in [1.82, 2.24) is 9.55 Å². The number of hydrogen-bond donors (Lipinski definition) is 0. The van der Waals surface area contributed by atoms with E-state index in [1.54, 1.807) is 11.3 Å². The first-order chi connectivity index (χ1) is 10.1. The first-order valence-corrected chi connectivity index (χ1v) is 8.60. The lowest BCUT2D eigenvalue weighted by Gasteiger charge is -2.24. The first kappa shape index (κ1) is 14.6. The van der Waals surface area contributed by atoms with Crippen LogP contribution in [0.1, 0.15) is 36.2 Å². The van der Waals surface area contributed by atoms with Crippen LogP contribution in [0, 0.1) is 12.8 Å². The largest absolute Gasteiger partial charge is 0.318 e. The number of halogens is 1. The number of hydrogen-bond acceptors (Lipinski definition) is 2. The van der Waals surface area contributed by atoms with Crippen LogP contribution in [0.15, 0.2) is 35.7 Å². The molecule has 2 aromatic heterocycles. The third-order valence-electron chi connectivity index (χ3n) is 3.85. The van der Waals surface area contributed by atoms with E-state index in [0.717, 1.165) is 11.3 Å². The molecule has 3 aromatic rings. The average Bonchev–Trinajstić information content (AvgIpc) is 3.08. The highest BCUT2D eigenvalue weighted by molar-refractivity contribution is 7.10. The summed E-state index contributed by atoms with van der Waals surface area (Å²) < 4.78 is 2.34. The minimum atomic E-state index is 0.282. The molecule has 0 amide bonds. The van der Waals surface area contributed by atoms with Gasteiger partial charge >= 0.3 is 0 Å². The van der Waals surface area contributed by atoms with Crippen LogP contribution in [-0.4, -0.2) is 9.55 Å². The lowest BCUT2D eigenvalue weighted by atomic mass is 10.0. The fourth-order valence-corrected chi connectivity index (χ4v) is 4.15. The number of para-hydroxylation sites is 1. The number of imidazole rings is 1. The number of alkyl halides is 1. The Hall–Kier alpha value is -1.32. The zero-order valence-electron chi connectivity index (χ0n) is 12.5. The molecular weight excluding hydrogens is 300 g/mol. The van der Waals surface area contributed by atoms with Crippen molar-refractivity contribution >= 4 is 34.0 Å². The van der Waals surface area contributed by atoms with Crippen LogP contribution in [0.3, 0.4) is 0 Å². The van der Waals surface area contributed by atoms with Gasteiger partial charge in [-0.2, -0.15) is 0 Å². The molecule has 1 aromatic carbocycles. The maximum Gasteiger partial charge on any atom is 0.125 e. The summed E-state index contributed by atoms with van der Waals surface area (Å²) in [5.41, 5.74) is 3.49. The third-order valence-corrected chi connectivity index (χ3v) is 5.03. The predicted molar refractivity (Wildman–Crippen MR) is 91.3 cm³/mol. The van der Waals surface area contributed by atoms with Crippen LogP contribution in [0.4, 0.5) is 0 Å². The minimum Gasteiger partial charge on any atom is -0.318 e. The molecule has 1 unspecified atom stereocenters. The van der Waals surface area contributed by atoms with Crippen molar-refractivity contribution in [2.45, 2.75) is 32.7 Å². The Morgan fingerprint density at radius 2 is 2.05 bits per heavy atom. The van der Waals surface area contributed by atoms with Gasteiger partial charge in [-0.05, 0) is 35.9 Å². The van der Waals surface area contributed by atoms with Gasteiger partial charge in [-0.3, -0.25) is 0 Å². The zero-order valence-corrected chi connectivity index (χ0v) is 14.1. The van der Waals surface area contributed by atoms with Crippen molar-refractivity contribution in [3.8, 4) is 0 Å². The minimum absolute atomic E-state index is 0.282. The van der Waals surface area contributed by atoms with E-state index in [2.05, 4.69) is 61.1 Å². The molecule has 0 spiro atoms. The van der Waals surface area contributed by atoms with Crippen LogP contribution in [0.25, 0.3) is 11.0 Å². The van der Waals surface area contributed by atoms with Gasteiger partial charge < -0.3 is 4.57 Å². The highest BCUT2D eigenvalue weighted by atomic mass is 35.5. The third kappa shape index (κ3) is 2.49. The molecule has 3 rings (SSSR count). The highest BCUT2D eigenvalue weighted by Gasteiger charge is 2.24. The topological polar surface area (TPSA) is 17.8 Å². The van der Waals surface area contributed by atoms with Crippen LogP contribution >= 0.6 is 22.9 Å².